The van der Waals surface area contributed by atoms with E-state index in [1.165, 1.54) is 19.3 Å². The number of unbranched alkanes of at least 4 members (excludes halogenated alkanes) is 3. The van der Waals surface area contributed by atoms with E-state index in [2.05, 4.69) is 28.2 Å². The number of nitrogen functional groups attached to an aromatic ring is 1. The number of amides is 1. The molecule has 94 valence electrons. The highest BCUT2D eigenvalue weighted by Crippen LogP contribution is 2.20. The first kappa shape index (κ1) is 14.0. The normalized spacial score (nSPS) is 10.2. The molecule has 0 atom stereocenters. The largest absolute Gasteiger partial charge is 0.398 e. The molecule has 3 N–H and O–H groups in total. The van der Waals surface area contributed by atoms with Gasteiger partial charge in [0.2, 0.25) is 0 Å². The molecule has 4 heteroatoms. The molecule has 0 saturated heterocycles. The van der Waals surface area contributed by atoms with Gasteiger partial charge in [-0.2, -0.15) is 0 Å². The van der Waals surface area contributed by atoms with Crippen LogP contribution in [0, 0.1) is 0 Å². The number of benzene rings is 1. The summed E-state index contributed by atoms with van der Waals surface area (Å²) >= 11 is 3.31. The van der Waals surface area contributed by atoms with Gasteiger partial charge in [-0.1, -0.05) is 26.2 Å². The smallest absolute Gasteiger partial charge is 0.251 e. The molecule has 0 aromatic heterocycles. The number of carbonyl (C=O) groups excluding carboxylic acids is 1. The Morgan fingerprint density at radius 3 is 2.76 bits per heavy atom. The van der Waals surface area contributed by atoms with Crippen LogP contribution in [0.1, 0.15) is 43.0 Å². The Morgan fingerprint density at radius 2 is 2.12 bits per heavy atom. The van der Waals surface area contributed by atoms with E-state index in [-0.39, 0.29) is 5.91 Å². The predicted molar refractivity (Wildman–Crippen MR) is 75.0 cm³/mol. The SMILES string of the molecule is CCCCCCNC(=O)c1ccc(N)c(Br)c1. The Morgan fingerprint density at radius 1 is 1.35 bits per heavy atom. The molecule has 1 aromatic rings. The highest BCUT2D eigenvalue weighted by Gasteiger charge is 2.06. The molecule has 0 aliphatic carbocycles. The van der Waals surface area contributed by atoms with Crippen LogP contribution in [0.5, 0.6) is 0 Å². The molecule has 0 aliphatic heterocycles. The maximum atomic E-state index is 11.8. The molecule has 17 heavy (non-hydrogen) atoms. The molecule has 0 radical (unpaired) electrons. The van der Waals surface area contributed by atoms with Crippen LogP contribution in [-0.2, 0) is 0 Å². The van der Waals surface area contributed by atoms with Gasteiger partial charge in [-0.3, -0.25) is 4.79 Å². The Balaban J connectivity index is 2.39. The summed E-state index contributed by atoms with van der Waals surface area (Å²) in [7, 11) is 0. The minimum atomic E-state index is -0.0396. The van der Waals surface area contributed by atoms with Crippen molar-refractivity contribution in [1.29, 1.82) is 0 Å². The second kappa shape index (κ2) is 7.33. The summed E-state index contributed by atoms with van der Waals surface area (Å²) in [5.41, 5.74) is 6.95. The van der Waals surface area contributed by atoms with Crippen LogP contribution < -0.4 is 11.1 Å². The van der Waals surface area contributed by atoms with Gasteiger partial charge in [-0.05, 0) is 40.5 Å². The van der Waals surface area contributed by atoms with E-state index < -0.39 is 0 Å². The molecule has 0 aliphatic rings. The van der Waals surface area contributed by atoms with Crippen LogP contribution in [0.4, 0.5) is 5.69 Å². The second-order valence-corrected chi connectivity index (χ2v) is 4.91. The van der Waals surface area contributed by atoms with Crippen LogP contribution in [0.3, 0.4) is 0 Å². The maximum absolute atomic E-state index is 11.8. The first-order valence-electron chi connectivity index (χ1n) is 5.98. The monoisotopic (exact) mass is 298 g/mol. The van der Waals surface area contributed by atoms with Crippen molar-refractivity contribution in [3.05, 3.63) is 28.2 Å². The Bertz CT molecular complexity index is 380. The summed E-state index contributed by atoms with van der Waals surface area (Å²) in [4.78, 5) is 11.8. The maximum Gasteiger partial charge on any atom is 0.251 e. The van der Waals surface area contributed by atoms with Gasteiger partial charge in [0.1, 0.15) is 0 Å². The number of carbonyl (C=O) groups is 1. The number of nitrogens with two attached hydrogens (primary N) is 1. The van der Waals surface area contributed by atoms with Crippen molar-refractivity contribution in [2.75, 3.05) is 12.3 Å². The Hall–Kier alpha value is -1.03. The summed E-state index contributed by atoms with van der Waals surface area (Å²) in [5.74, 6) is -0.0396. The Labute approximate surface area is 111 Å². The fourth-order valence-electron chi connectivity index (χ4n) is 1.52. The van der Waals surface area contributed by atoms with Crippen LogP contribution in [-0.4, -0.2) is 12.5 Å². The molecule has 0 spiro atoms. The van der Waals surface area contributed by atoms with Crippen molar-refractivity contribution in [1.82, 2.24) is 5.32 Å². The van der Waals surface area contributed by atoms with Gasteiger partial charge in [0.25, 0.3) is 5.91 Å². The molecule has 1 amide bonds. The number of hydrogen-bond donors (Lipinski definition) is 2. The summed E-state index contributed by atoms with van der Waals surface area (Å²) in [6, 6.07) is 5.22. The quantitative estimate of drug-likeness (QED) is 0.625. The van der Waals surface area contributed by atoms with E-state index >= 15 is 0 Å². The number of nitrogens with one attached hydrogen (secondary N) is 1. The Kier molecular flexibility index (Phi) is 6.05. The lowest BCUT2D eigenvalue weighted by atomic mass is 10.2. The first-order valence-corrected chi connectivity index (χ1v) is 6.77. The van der Waals surface area contributed by atoms with Crippen molar-refractivity contribution in [3.63, 3.8) is 0 Å². The summed E-state index contributed by atoms with van der Waals surface area (Å²) in [6.07, 6.45) is 4.64. The van der Waals surface area contributed by atoms with E-state index in [0.717, 1.165) is 17.4 Å². The molecule has 0 unspecified atom stereocenters. The number of hydrogen-bond acceptors (Lipinski definition) is 2. The molecular weight excluding hydrogens is 280 g/mol. The van der Waals surface area contributed by atoms with E-state index in [4.69, 9.17) is 5.73 Å². The summed E-state index contributed by atoms with van der Waals surface area (Å²) in [6.45, 7) is 2.91. The third-order valence-electron chi connectivity index (χ3n) is 2.58. The molecule has 0 saturated carbocycles. The highest BCUT2D eigenvalue weighted by atomic mass is 79.9. The average molecular weight is 299 g/mol. The van der Waals surface area contributed by atoms with E-state index in [1.807, 2.05) is 0 Å². The van der Waals surface area contributed by atoms with Gasteiger partial charge in [-0.15, -0.1) is 0 Å². The third kappa shape index (κ3) is 4.77. The zero-order chi connectivity index (χ0) is 12.7. The lowest BCUT2D eigenvalue weighted by molar-refractivity contribution is 0.0953. The number of halogens is 1. The van der Waals surface area contributed by atoms with E-state index in [0.29, 0.717) is 11.3 Å². The average Bonchev–Trinajstić information content (AvgIpc) is 2.32. The molecule has 0 heterocycles. The molecule has 1 aromatic carbocycles. The second-order valence-electron chi connectivity index (χ2n) is 4.05. The van der Waals surface area contributed by atoms with Crippen molar-refractivity contribution in [3.8, 4) is 0 Å². The molecule has 0 bridgehead atoms. The van der Waals surface area contributed by atoms with Crippen molar-refractivity contribution in [2.45, 2.75) is 32.6 Å². The van der Waals surface area contributed by atoms with Gasteiger partial charge in [0, 0.05) is 22.3 Å². The molecular formula is C13H19BrN2O. The zero-order valence-corrected chi connectivity index (χ0v) is 11.7. The minimum absolute atomic E-state index is 0.0396. The molecule has 1 rings (SSSR count). The zero-order valence-electron chi connectivity index (χ0n) is 10.1. The fraction of sp³-hybridized carbons (Fsp3) is 0.462. The van der Waals surface area contributed by atoms with Gasteiger partial charge >= 0.3 is 0 Å². The van der Waals surface area contributed by atoms with Gasteiger partial charge in [0.05, 0.1) is 0 Å². The van der Waals surface area contributed by atoms with Gasteiger partial charge in [0.15, 0.2) is 0 Å². The lowest BCUT2D eigenvalue weighted by Gasteiger charge is -2.06. The molecule has 3 nitrogen and oxygen atoms in total. The van der Waals surface area contributed by atoms with E-state index in [1.54, 1.807) is 18.2 Å². The predicted octanol–water partition coefficient (Wildman–Crippen LogP) is 3.34. The fourth-order valence-corrected chi connectivity index (χ4v) is 1.90. The van der Waals surface area contributed by atoms with Crippen molar-refractivity contribution >= 4 is 27.5 Å². The first-order chi connectivity index (χ1) is 8.15. The molecule has 0 fully saturated rings. The lowest BCUT2D eigenvalue weighted by Crippen LogP contribution is -2.24. The van der Waals surface area contributed by atoms with Crippen LogP contribution >= 0.6 is 15.9 Å². The van der Waals surface area contributed by atoms with Gasteiger partial charge < -0.3 is 11.1 Å². The van der Waals surface area contributed by atoms with E-state index in [9.17, 15) is 4.79 Å². The highest BCUT2D eigenvalue weighted by molar-refractivity contribution is 9.10. The van der Waals surface area contributed by atoms with Crippen LogP contribution in [0.2, 0.25) is 0 Å². The van der Waals surface area contributed by atoms with Crippen LogP contribution in [0.25, 0.3) is 0 Å². The third-order valence-corrected chi connectivity index (χ3v) is 3.27. The minimum Gasteiger partial charge on any atom is -0.398 e. The summed E-state index contributed by atoms with van der Waals surface area (Å²) in [5, 5.41) is 2.90. The topological polar surface area (TPSA) is 55.1 Å². The van der Waals surface area contributed by atoms with Gasteiger partial charge in [-0.25, -0.2) is 0 Å². The number of rotatable bonds is 6. The number of anilines is 1. The van der Waals surface area contributed by atoms with Crippen molar-refractivity contribution in [2.24, 2.45) is 0 Å². The van der Waals surface area contributed by atoms with Crippen LogP contribution in [0.15, 0.2) is 22.7 Å². The van der Waals surface area contributed by atoms with Crippen molar-refractivity contribution < 1.29 is 4.79 Å². The summed E-state index contributed by atoms with van der Waals surface area (Å²) < 4.78 is 0.760. The standard InChI is InChI=1S/C13H19BrN2O/c1-2-3-4-5-8-16-13(17)10-6-7-12(15)11(14)9-10/h6-7,9H,2-5,8,15H2,1H3,(H,16,17).